The van der Waals surface area contributed by atoms with Crippen molar-refractivity contribution in [3.63, 3.8) is 0 Å². The van der Waals surface area contributed by atoms with Gasteiger partial charge < -0.3 is 0 Å². The summed E-state index contributed by atoms with van der Waals surface area (Å²) in [6.07, 6.45) is 0. The molecular weight excluding hydrogens is 251 g/mol. The summed E-state index contributed by atoms with van der Waals surface area (Å²) in [5.74, 6) is 0. The molecule has 0 aliphatic heterocycles. The third-order valence-electron chi connectivity index (χ3n) is 3.46. The van der Waals surface area contributed by atoms with Gasteiger partial charge in [-0.05, 0) is 56.9 Å². The van der Waals surface area contributed by atoms with E-state index in [1.807, 2.05) is 0 Å². The van der Waals surface area contributed by atoms with E-state index in [4.69, 9.17) is 23.2 Å². The van der Waals surface area contributed by atoms with Crippen LogP contribution in [0.5, 0.6) is 0 Å². The van der Waals surface area contributed by atoms with Gasteiger partial charge in [0.2, 0.25) is 0 Å². The normalized spacial score (nSPS) is 16.1. The topological polar surface area (TPSA) is 0 Å². The molecule has 3 aromatic rings. The Morgan fingerprint density at radius 1 is 0.647 bits per heavy atom. The number of alkyl halides is 2. The molecular formula is C15H8Cl2. The zero-order chi connectivity index (χ0) is 11.6. The third kappa shape index (κ3) is 1.25. The fourth-order valence-corrected chi connectivity index (χ4v) is 2.97. The molecule has 1 aliphatic rings. The standard InChI is InChI=1S/C15H8Cl2/c16-15(17)13-7-11-5-9-3-1-2-4-10(9)6-12(11)8-14(13)15/h1-8H. The Bertz CT molecular complexity index is 708. The molecule has 0 atom stereocenters. The van der Waals surface area contributed by atoms with Gasteiger partial charge in [0, 0.05) is 0 Å². The highest BCUT2D eigenvalue weighted by Crippen LogP contribution is 2.58. The molecule has 0 saturated carbocycles. The highest BCUT2D eigenvalue weighted by molar-refractivity contribution is 6.54. The van der Waals surface area contributed by atoms with Crippen LogP contribution in [-0.4, -0.2) is 0 Å². The molecule has 0 heterocycles. The summed E-state index contributed by atoms with van der Waals surface area (Å²) in [6.45, 7) is 0. The molecule has 1 aliphatic carbocycles. The van der Waals surface area contributed by atoms with Gasteiger partial charge in [-0.3, -0.25) is 0 Å². The van der Waals surface area contributed by atoms with Gasteiger partial charge in [0.05, 0.1) is 0 Å². The summed E-state index contributed by atoms with van der Waals surface area (Å²) < 4.78 is -0.745. The summed E-state index contributed by atoms with van der Waals surface area (Å²) >= 11 is 12.3. The first-order valence-electron chi connectivity index (χ1n) is 5.51. The van der Waals surface area contributed by atoms with Crippen LogP contribution in [0.25, 0.3) is 21.5 Å². The van der Waals surface area contributed by atoms with Gasteiger partial charge in [-0.15, -0.1) is 0 Å². The SMILES string of the molecule is ClC1(Cl)c2cc3cc4ccccc4cc3cc21. The zero-order valence-electron chi connectivity index (χ0n) is 8.87. The van der Waals surface area contributed by atoms with Crippen LogP contribution in [-0.2, 0) is 4.33 Å². The Kier molecular flexibility index (Phi) is 1.69. The summed E-state index contributed by atoms with van der Waals surface area (Å²) in [5.41, 5.74) is 2.09. The van der Waals surface area contributed by atoms with Crippen LogP contribution in [0.15, 0.2) is 48.5 Å². The molecule has 0 spiro atoms. The van der Waals surface area contributed by atoms with Gasteiger partial charge in [-0.25, -0.2) is 0 Å². The molecule has 0 aromatic heterocycles. The first kappa shape index (κ1) is 9.76. The maximum Gasteiger partial charge on any atom is 0.168 e. The van der Waals surface area contributed by atoms with E-state index in [-0.39, 0.29) is 0 Å². The van der Waals surface area contributed by atoms with Crippen LogP contribution >= 0.6 is 23.2 Å². The Hall–Kier alpha value is -1.24. The van der Waals surface area contributed by atoms with Gasteiger partial charge in [0.1, 0.15) is 0 Å². The van der Waals surface area contributed by atoms with E-state index in [0.29, 0.717) is 0 Å². The van der Waals surface area contributed by atoms with Crippen LogP contribution in [0.3, 0.4) is 0 Å². The molecule has 82 valence electrons. The molecule has 0 saturated heterocycles. The average Bonchev–Trinajstić information content (AvgIpc) is 2.85. The second-order valence-electron chi connectivity index (χ2n) is 4.52. The number of hydrogen-bond acceptors (Lipinski definition) is 0. The Morgan fingerprint density at radius 3 is 1.59 bits per heavy atom. The van der Waals surface area contributed by atoms with E-state index in [1.165, 1.54) is 21.5 Å². The minimum Gasteiger partial charge on any atom is -0.0909 e. The lowest BCUT2D eigenvalue weighted by molar-refractivity contribution is 1.36. The lowest BCUT2D eigenvalue weighted by atomic mass is 10.0. The van der Waals surface area contributed by atoms with Crippen molar-refractivity contribution in [2.24, 2.45) is 0 Å². The largest absolute Gasteiger partial charge is 0.168 e. The van der Waals surface area contributed by atoms with Crippen molar-refractivity contribution in [3.8, 4) is 0 Å². The number of rotatable bonds is 0. The van der Waals surface area contributed by atoms with Crippen LogP contribution in [0, 0.1) is 0 Å². The number of benzene rings is 3. The lowest BCUT2D eigenvalue weighted by Crippen LogP contribution is -1.77. The van der Waals surface area contributed by atoms with Crippen LogP contribution < -0.4 is 0 Å². The molecule has 3 aromatic carbocycles. The van der Waals surface area contributed by atoms with Crippen molar-refractivity contribution in [1.29, 1.82) is 0 Å². The first-order valence-corrected chi connectivity index (χ1v) is 6.27. The van der Waals surface area contributed by atoms with Gasteiger partial charge in [0.15, 0.2) is 4.33 Å². The second kappa shape index (κ2) is 2.95. The Labute approximate surface area is 109 Å². The van der Waals surface area contributed by atoms with Crippen LogP contribution in [0.2, 0.25) is 0 Å². The fourth-order valence-electron chi connectivity index (χ4n) is 2.44. The highest BCUT2D eigenvalue weighted by Gasteiger charge is 2.47. The molecule has 2 heteroatoms. The number of hydrogen-bond donors (Lipinski definition) is 0. The van der Waals surface area contributed by atoms with Crippen LogP contribution in [0.4, 0.5) is 0 Å². The highest BCUT2D eigenvalue weighted by atomic mass is 35.5. The molecule has 4 rings (SSSR count). The van der Waals surface area contributed by atoms with Crippen molar-refractivity contribution in [2.45, 2.75) is 4.33 Å². The predicted octanol–water partition coefficient (Wildman–Crippen LogP) is 4.99. The van der Waals surface area contributed by atoms with Crippen molar-refractivity contribution in [2.75, 3.05) is 0 Å². The smallest absolute Gasteiger partial charge is 0.0909 e. The van der Waals surface area contributed by atoms with Gasteiger partial charge in [-0.1, -0.05) is 47.5 Å². The Balaban J connectivity index is 2.12. The van der Waals surface area contributed by atoms with E-state index in [1.54, 1.807) is 0 Å². The van der Waals surface area contributed by atoms with E-state index in [0.717, 1.165) is 11.1 Å². The molecule has 0 fully saturated rings. The quantitative estimate of drug-likeness (QED) is 0.394. The summed E-state index contributed by atoms with van der Waals surface area (Å²) in [5, 5.41) is 4.89. The summed E-state index contributed by atoms with van der Waals surface area (Å²) in [4.78, 5) is 0. The van der Waals surface area contributed by atoms with E-state index in [9.17, 15) is 0 Å². The monoisotopic (exact) mass is 258 g/mol. The molecule has 0 radical (unpaired) electrons. The Morgan fingerprint density at radius 2 is 1.12 bits per heavy atom. The van der Waals surface area contributed by atoms with Gasteiger partial charge in [0.25, 0.3) is 0 Å². The molecule has 0 nitrogen and oxygen atoms in total. The number of halogens is 2. The van der Waals surface area contributed by atoms with Crippen molar-refractivity contribution >= 4 is 44.7 Å². The summed E-state index contributed by atoms with van der Waals surface area (Å²) in [7, 11) is 0. The van der Waals surface area contributed by atoms with Crippen LogP contribution in [0.1, 0.15) is 11.1 Å². The predicted molar refractivity (Wildman–Crippen MR) is 73.9 cm³/mol. The third-order valence-corrected chi connectivity index (χ3v) is 4.27. The molecule has 17 heavy (non-hydrogen) atoms. The van der Waals surface area contributed by atoms with E-state index < -0.39 is 4.33 Å². The fraction of sp³-hybridized carbons (Fsp3) is 0.0667. The maximum absolute atomic E-state index is 6.16. The maximum atomic E-state index is 6.16. The van der Waals surface area contributed by atoms with E-state index >= 15 is 0 Å². The summed E-state index contributed by atoms with van der Waals surface area (Å²) in [6, 6.07) is 16.9. The van der Waals surface area contributed by atoms with Crippen molar-refractivity contribution in [3.05, 3.63) is 59.7 Å². The van der Waals surface area contributed by atoms with Crippen molar-refractivity contribution in [1.82, 2.24) is 0 Å². The molecule has 0 unspecified atom stereocenters. The minimum atomic E-state index is -0.745. The van der Waals surface area contributed by atoms with Gasteiger partial charge >= 0.3 is 0 Å². The molecule has 0 N–H and O–H groups in total. The zero-order valence-corrected chi connectivity index (χ0v) is 10.4. The second-order valence-corrected chi connectivity index (χ2v) is 5.85. The average molecular weight is 259 g/mol. The first-order chi connectivity index (χ1) is 8.16. The molecule has 0 amide bonds. The van der Waals surface area contributed by atoms with Crippen molar-refractivity contribution < 1.29 is 0 Å². The number of fused-ring (bicyclic) bond motifs is 3. The van der Waals surface area contributed by atoms with Gasteiger partial charge in [-0.2, -0.15) is 0 Å². The lowest BCUT2D eigenvalue weighted by Gasteiger charge is -2.00. The molecule has 0 bridgehead atoms. The minimum absolute atomic E-state index is 0.745. The van der Waals surface area contributed by atoms with E-state index in [2.05, 4.69) is 48.5 Å².